The van der Waals surface area contributed by atoms with E-state index >= 15 is 0 Å². The Morgan fingerprint density at radius 3 is 1.58 bits per heavy atom. The fourth-order valence-corrected chi connectivity index (χ4v) is 4.30. The number of alkyl halides is 6. The molecule has 0 spiro atoms. The number of rotatable bonds is 7. The van der Waals surface area contributed by atoms with E-state index in [0.717, 1.165) is 23.3 Å². The van der Waals surface area contributed by atoms with E-state index in [-0.39, 0.29) is 17.9 Å². The van der Waals surface area contributed by atoms with Crippen LogP contribution in [0.4, 0.5) is 26.3 Å². The Hall–Kier alpha value is -3.54. The summed E-state index contributed by atoms with van der Waals surface area (Å²) in [5.41, 5.74) is 2.04. The molecule has 4 aromatic carbocycles. The second-order valence-electron chi connectivity index (χ2n) is 8.64. The van der Waals surface area contributed by atoms with Crippen molar-refractivity contribution < 1.29 is 26.3 Å². The average Bonchev–Trinajstić information content (AvgIpc) is 2.84. The molecule has 6 heteroatoms. The first-order chi connectivity index (χ1) is 17.1. The first kappa shape index (κ1) is 25.5. The van der Waals surface area contributed by atoms with E-state index in [1.165, 1.54) is 24.3 Å². The van der Waals surface area contributed by atoms with Gasteiger partial charge in [0, 0.05) is 5.92 Å². The minimum atomic E-state index is -4.59. The first-order valence-electron chi connectivity index (χ1n) is 11.4. The Morgan fingerprint density at radius 2 is 1.06 bits per heavy atom. The summed E-state index contributed by atoms with van der Waals surface area (Å²) in [6.45, 7) is 0. The second kappa shape index (κ2) is 10.6. The molecule has 0 N–H and O–H groups in total. The molecule has 1 atom stereocenters. The van der Waals surface area contributed by atoms with Gasteiger partial charge in [-0.2, -0.15) is 26.3 Å². The van der Waals surface area contributed by atoms with Gasteiger partial charge >= 0.3 is 12.4 Å². The fraction of sp³-hybridized carbons (Fsp3) is 0.167. The molecular weight excluding hydrogens is 474 g/mol. The van der Waals surface area contributed by atoms with Gasteiger partial charge in [0.25, 0.3) is 0 Å². The van der Waals surface area contributed by atoms with Crippen LogP contribution in [0.25, 0.3) is 0 Å². The molecule has 0 aliphatic carbocycles. The summed E-state index contributed by atoms with van der Waals surface area (Å²) in [5.74, 6) is -1.82. The highest BCUT2D eigenvalue weighted by Gasteiger charge is 2.46. The van der Waals surface area contributed by atoms with Crippen LogP contribution in [0, 0.1) is 5.92 Å². The predicted molar refractivity (Wildman–Crippen MR) is 128 cm³/mol. The minimum absolute atomic E-state index is 0.0831. The number of benzene rings is 4. The molecule has 1 unspecified atom stereocenters. The molecule has 0 fully saturated rings. The molecule has 0 nitrogen and oxygen atoms in total. The van der Waals surface area contributed by atoms with Gasteiger partial charge in [-0.15, -0.1) is 0 Å². The van der Waals surface area contributed by atoms with Gasteiger partial charge in [0.2, 0.25) is 0 Å². The van der Waals surface area contributed by atoms with E-state index in [9.17, 15) is 26.3 Å². The van der Waals surface area contributed by atoms with Crippen LogP contribution in [0.2, 0.25) is 0 Å². The van der Waals surface area contributed by atoms with Crippen molar-refractivity contribution in [3.05, 3.63) is 148 Å². The quantitative estimate of drug-likeness (QED) is 0.224. The van der Waals surface area contributed by atoms with Crippen LogP contribution in [-0.4, -0.2) is 6.18 Å². The standard InChI is InChI=1S/C30H23F6/c31-29(32,33)26-17-13-23(14-18-26)20-27(28(30(34,35)36)25-9-5-2-6-10-25)24-15-11-22(12-16-24)19-21-7-3-1-4-8-21/h1-18,28H,19-20H2. The zero-order valence-corrected chi connectivity index (χ0v) is 19.2. The smallest absolute Gasteiger partial charge is 0.170 e. The zero-order chi connectivity index (χ0) is 25.8. The second-order valence-corrected chi connectivity index (χ2v) is 8.64. The lowest BCUT2D eigenvalue weighted by molar-refractivity contribution is -0.146. The van der Waals surface area contributed by atoms with Gasteiger partial charge in [-0.05, 0) is 52.8 Å². The van der Waals surface area contributed by atoms with Crippen LogP contribution >= 0.6 is 0 Å². The van der Waals surface area contributed by atoms with Crippen LogP contribution in [-0.2, 0) is 19.0 Å². The third-order valence-electron chi connectivity index (χ3n) is 6.06. The summed E-state index contributed by atoms with van der Waals surface area (Å²) >= 11 is 0. The molecule has 0 aliphatic rings. The number of hydrogen-bond donors (Lipinski definition) is 0. The summed E-state index contributed by atoms with van der Waals surface area (Å²) in [5, 5.41) is 0. The van der Waals surface area contributed by atoms with Crippen LogP contribution in [0.5, 0.6) is 0 Å². The van der Waals surface area contributed by atoms with Crippen molar-refractivity contribution >= 4 is 0 Å². The maximum absolute atomic E-state index is 14.5. The van der Waals surface area contributed by atoms with Crippen LogP contribution in [0.15, 0.2) is 109 Å². The largest absolute Gasteiger partial charge is 0.416 e. The van der Waals surface area contributed by atoms with Gasteiger partial charge in [0.15, 0.2) is 0 Å². The molecule has 0 saturated heterocycles. The van der Waals surface area contributed by atoms with E-state index in [2.05, 4.69) is 0 Å². The van der Waals surface area contributed by atoms with Crippen molar-refractivity contribution in [2.45, 2.75) is 31.1 Å². The lowest BCUT2D eigenvalue weighted by atomic mass is 9.77. The molecule has 0 amide bonds. The van der Waals surface area contributed by atoms with Gasteiger partial charge in [0.1, 0.15) is 0 Å². The average molecular weight is 498 g/mol. The maximum atomic E-state index is 14.5. The zero-order valence-electron chi connectivity index (χ0n) is 19.2. The Labute approximate surface area is 206 Å². The first-order valence-corrected chi connectivity index (χ1v) is 11.4. The van der Waals surface area contributed by atoms with Crippen LogP contribution < -0.4 is 0 Å². The normalized spacial score (nSPS) is 13.1. The molecule has 0 aliphatic heterocycles. The Bertz CT molecular complexity index is 1230. The van der Waals surface area contributed by atoms with Crippen molar-refractivity contribution in [3.8, 4) is 0 Å². The van der Waals surface area contributed by atoms with Gasteiger partial charge in [-0.3, -0.25) is 0 Å². The Kier molecular flexibility index (Phi) is 7.53. The highest BCUT2D eigenvalue weighted by atomic mass is 19.4. The summed E-state index contributed by atoms with van der Waals surface area (Å²) in [4.78, 5) is 0. The van der Waals surface area contributed by atoms with E-state index in [4.69, 9.17) is 0 Å². The predicted octanol–water partition coefficient (Wildman–Crippen LogP) is 8.81. The van der Waals surface area contributed by atoms with Crippen LogP contribution in [0.3, 0.4) is 0 Å². The molecule has 0 aromatic heterocycles. The van der Waals surface area contributed by atoms with Crippen LogP contribution in [0.1, 0.15) is 39.3 Å². The highest BCUT2D eigenvalue weighted by Crippen LogP contribution is 2.46. The Morgan fingerprint density at radius 1 is 0.556 bits per heavy atom. The molecule has 185 valence electrons. The highest BCUT2D eigenvalue weighted by molar-refractivity contribution is 5.44. The molecule has 0 saturated carbocycles. The maximum Gasteiger partial charge on any atom is 0.416 e. The third kappa shape index (κ3) is 6.36. The van der Waals surface area contributed by atoms with E-state index in [0.29, 0.717) is 17.5 Å². The molecule has 4 aromatic rings. The van der Waals surface area contributed by atoms with Gasteiger partial charge in [0.05, 0.1) is 11.5 Å². The van der Waals surface area contributed by atoms with Gasteiger partial charge in [-0.1, -0.05) is 97.1 Å². The summed E-state index contributed by atoms with van der Waals surface area (Å²) in [7, 11) is 0. The number of hydrogen-bond acceptors (Lipinski definition) is 0. The van der Waals surface area contributed by atoms with Crippen molar-refractivity contribution in [2.75, 3.05) is 0 Å². The van der Waals surface area contributed by atoms with Gasteiger partial charge < -0.3 is 0 Å². The Balaban J connectivity index is 1.70. The molecular formula is C30H23F6. The molecule has 4 rings (SSSR count). The van der Waals surface area contributed by atoms with Crippen molar-refractivity contribution in [3.63, 3.8) is 0 Å². The van der Waals surface area contributed by atoms with Gasteiger partial charge in [-0.25, -0.2) is 0 Å². The summed E-state index contributed by atoms with van der Waals surface area (Å²) in [6, 6.07) is 28.5. The number of halogens is 6. The van der Waals surface area contributed by atoms with Crippen molar-refractivity contribution in [1.82, 2.24) is 0 Å². The van der Waals surface area contributed by atoms with E-state index in [1.54, 1.807) is 42.5 Å². The molecule has 0 bridgehead atoms. The topological polar surface area (TPSA) is 0 Å². The minimum Gasteiger partial charge on any atom is -0.170 e. The molecule has 36 heavy (non-hydrogen) atoms. The van der Waals surface area contributed by atoms with Crippen molar-refractivity contribution in [1.29, 1.82) is 0 Å². The summed E-state index contributed by atoms with van der Waals surface area (Å²) in [6.07, 6.45) is -8.62. The van der Waals surface area contributed by atoms with E-state index in [1.807, 2.05) is 30.3 Å². The lowest BCUT2D eigenvalue weighted by Crippen LogP contribution is -2.29. The van der Waals surface area contributed by atoms with E-state index < -0.39 is 23.8 Å². The lowest BCUT2D eigenvalue weighted by Gasteiger charge is -2.30. The third-order valence-corrected chi connectivity index (χ3v) is 6.06. The monoisotopic (exact) mass is 497 g/mol. The summed E-state index contributed by atoms with van der Waals surface area (Å²) < 4.78 is 82.4. The van der Waals surface area contributed by atoms with Crippen molar-refractivity contribution in [2.24, 2.45) is 0 Å². The molecule has 1 radical (unpaired) electrons. The SMILES string of the molecule is FC(F)(F)c1ccc(C[C](c2ccc(Cc3ccccc3)cc2)C(c2ccccc2)C(F)(F)F)cc1. The molecule has 0 heterocycles. The fourth-order valence-electron chi connectivity index (χ4n) is 4.30.